The highest BCUT2D eigenvalue weighted by Gasteiger charge is 2.14. The van der Waals surface area contributed by atoms with Crippen molar-refractivity contribution in [2.45, 2.75) is 6.61 Å². The summed E-state index contributed by atoms with van der Waals surface area (Å²) in [6.07, 6.45) is 3.88. The van der Waals surface area contributed by atoms with Crippen molar-refractivity contribution < 1.29 is 9.84 Å². The monoisotopic (exact) mass is 379 g/mol. The smallest absolute Gasteiger partial charge is 0.138 e. The van der Waals surface area contributed by atoms with E-state index in [1.807, 2.05) is 53.2 Å². The van der Waals surface area contributed by atoms with Crippen molar-refractivity contribution in [2.24, 2.45) is 0 Å². The Balaban J connectivity index is 1.80. The van der Waals surface area contributed by atoms with E-state index in [0.717, 1.165) is 33.7 Å². The van der Waals surface area contributed by atoms with Crippen molar-refractivity contribution in [3.63, 3.8) is 0 Å². The molecule has 0 unspecified atom stereocenters. The zero-order valence-corrected chi connectivity index (χ0v) is 15.4. The van der Waals surface area contributed by atoms with Crippen LogP contribution in [0.25, 0.3) is 28.0 Å². The molecule has 0 atom stereocenters. The minimum absolute atomic E-state index is 0.132. The third kappa shape index (κ3) is 3.23. The lowest BCUT2D eigenvalue weighted by molar-refractivity contribution is 0.281. The molecule has 4 rings (SSSR count). The number of aliphatic hydroxyl groups is 1. The number of rotatable bonds is 4. The zero-order valence-electron chi connectivity index (χ0n) is 14.7. The average Bonchev–Trinajstić information content (AvgIpc) is 3.11. The standard InChI is InChI=1S/C21H18ClN3O2/c1-27-20-8-15(12-26)17(10-18(20)22)19-11-25-7-6-14(9-21(25)24-19)13-2-4-16(23)5-3-13/h2-11,26H,12,23H2,1H3. The van der Waals surface area contributed by atoms with Gasteiger partial charge in [0.2, 0.25) is 0 Å². The highest BCUT2D eigenvalue weighted by Crippen LogP contribution is 2.34. The first kappa shape index (κ1) is 17.4. The Hall–Kier alpha value is -3.02. The van der Waals surface area contributed by atoms with Gasteiger partial charge in [-0.15, -0.1) is 0 Å². The minimum Gasteiger partial charge on any atom is -0.495 e. The Kier molecular flexibility index (Phi) is 4.48. The van der Waals surface area contributed by atoms with Crippen molar-refractivity contribution in [1.29, 1.82) is 0 Å². The van der Waals surface area contributed by atoms with Crippen LogP contribution in [0, 0.1) is 0 Å². The molecule has 0 spiro atoms. The van der Waals surface area contributed by atoms with E-state index in [9.17, 15) is 5.11 Å². The normalized spacial score (nSPS) is 11.1. The minimum atomic E-state index is -0.132. The number of aliphatic hydroxyl groups excluding tert-OH is 1. The van der Waals surface area contributed by atoms with Crippen LogP contribution < -0.4 is 10.5 Å². The van der Waals surface area contributed by atoms with Gasteiger partial charge in [0.05, 0.1) is 24.4 Å². The van der Waals surface area contributed by atoms with Crippen molar-refractivity contribution in [3.8, 4) is 28.1 Å². The predicted octanol–water partition coefficient (Wildman–Crippen LogP) is 4.40. The second-order valence-corrected chi connectivity index (χ2v) is 6.64. The number of hydrogen-bond acceptors (Lipinski definition) is 4. The van der Waals surface area contributed by atoms with Crippen molar-refractivity contribution in [1.82, 2.24) is 9.38 Å². The first-order valence-corrected chi connectivity index (χ1v) is 8.79. The van der Waals surface area contributed by atoms with Crippen LogP contribution in [0.1, 0.15) is 5.56 Å². The Morgan fingerprint density at radius 1 is 1.11 bits per heavy atom. The number of halogens is 1. The molecule has 0 fully saturated rings. The van der Waals surface area contributed by atoms with E-state index in [2.05, 4.69) is 0 Å². The highest BCUT2D eigenvalue weighted by molar-refractivity contribution is 6.32. The molecule has 0 saturated carbocycles. The summed E-state index contributed by atoms with van der Waals surface area (Å²) >= 11 is 6.27. The summed E-state index contributed by atoms with van der Waals surface area (Å²) in [4.78, 5) is 4.72. The highest BCUT2D eigenvalue weighted by atomic mass is 35.5. The Labute approximate surface area is 161 Å². The number of nitrogen functional groups attached to an aromatic ring is 1. The number of anilines is 1. The molecule has 0 radical (unpaired) electrons. The van der Waals surface area contributed by atoms with E-state index in [1.54, 1.807) is 19.2 Å². The molecule has 2 heterocycles. The van der Waals surface area contributed by atoms with Crippen LogP contribution in [0.15, 0.2) is 60.9 Å². The molecule has 3 N–H and O–H groups in total. The van der Waals surface area contributed by atoms with Crippen LogP contribution in [0.4, 0.5) is 5.69 Å². The van der Waals surface area contributed by atoms with Gasteiger partial charge < -0.3 is 20.0 Å². The number of ether oxygens (including phenoxy) is 1. The number of nitrogens with two attached hydrogens (primary N) is 1. The molecular formula is C21H18ClN3O2. The lowest BCUT2D eigenvalue weighted by Gasteiger charge is -2.09. The second-order valence-electron chi connectivity index (χ2n) is 6.23. The van der Waals surface area contributed by atoms with E-state index in [4.69, 9.17) is 27.1 Å². The molecule has 4 aromatic rings. The zero-order chi connectivity index (χ0) is 19.0. The molecule has 6 heteroatoms. The summed E-state index contributed by atoms with van der Waals surface area (Å²) in [6.45, 7) is -0.132. The quantitative estimate of drug-likeness (QED) is 0.515. The molecule has 0 aliphatic rings. The number of methoxy groups -OCH3 is 1. The fraction of sp³-hybridized carbons (Fsp3) is 0.0952. The van der Waals surface area contributed by atoms with Gasteiger partial charge in [-0.05, 0) is 53.1 Å². The molecule has 5 nitrogen and oxygen atoms in total. The molecule has 2 aromatic carbocycles. The molecule has 2 aromatic heterocycles. The lowest BCUT2D eigenvalue weighted by Crippen LogP contribution is -1.93. The van der Waals surface area contributed by atoms with Crippen LogP contribution in [-0.4, -0.2) is 21.6 Å². The molecule has 0 aliphatic heterocycles. The molecule has 0 bridgehead atoms. The third-order valence-corrected chi connectivity index (χ3v) is 4.82. The van der Waals surface area contributed by atoms with Gasteiger partial charge in [-0.1, -0.05) is 23.7 Å². The van der Waals surface area contributed by atoms with Gasteiger partial charge in [0.1, 0.15) is 11.4 Å². The van der Waals surface area contributed by atoms with E-state index in [1.165, 1.54) is 0 Å². The van der Waals surface area contributed by atoms with Crippen LogP contribution in [0.5, 0.6) is 5.75 Å². The molecule has 27 heavy (non-hydrogen) atoms. The predicted molar refractivity (Wildman–Crippen MR) is 108 cm³/mol. The SMILES string of the molecule is COc1cc(CO)c(-c2cn3ccc(-c4ccc(N)cc4)cc3n2)cc1Cl. The van der Waals surface area contributed by atoms with Gasteiger partial charge >= 0.3 is 0 Å². The van der Waals surface area contributed by atoms with Crippen LogP contribution >= 0.6 is 11.6 Å². The Morgan fingerprint density at radius 2 is 1.89 bits per heavy atom. The maximum Gasteiger partial charge on any atom is 0.138 e. The van der Waals surface area contributed by atoms with E-state index in [0.29, 0.717) is 16.3 Å². The largest absolute Gasteiger partial charge is 0.495 e. The van der Waals surface area contributed by atoms with Crippen molar-refractivity contribution in [3.05, 3.63) is 71.5 Å². The topological polar surface area (TPSA) is 72.8 Å². The third-order valence-electron chi connectivity index (χ3n) is 4.53. The fourth-order valence-corrected chi connectivity index (χ4v) is 3.33. The molecule has 0 aliphatic carbocycles. The van der Waals surface area contributed by atoms with E-state index >= 15 is 0 Å². The number of imidazole rings is 1. The van der Waals surface area contributed by atoms with Crippen LogP contribution in [0.3, 0.4) is 0 Å². The average molecular weight is 380 g/mol. The molecular weight excluding hydrogens is 362 g/mol. The van der Waals surface area contributed by atoms with Crippen molar-refractivity contribution in [2.75, 3.05) is 12.8 Å². The fourth-order valence-electron chi connectivity index (χ4n) is 3.09. The molecule has 0 saturated heterocycles. The van der Waals surface area contributed by atoms with Crippen LogP contribution in [0.2, 0.25) is 5.02 Å². The van der Waals surface area contributed by atoms with Gasteiger partial charge in [0.25, 0.3) is 0 Å². The van der Waals surface area contributed by atoms with E-state index in [-0.39, 0.29) is 6.61 Å². The van der Waals surface area contributed by atoms with Gasteiger partial charge in [0.15, 0.2) is 0 Å². The molecule has 0 amide bonds. The number of nitrogens with zero attached hydrogens (tertiary/aromatic N) is 2. The summed E-state index contributed by atoms with van der Waals surface area (Å²) in [6, 6.07) is 15.3. The van der Waals surface area contributed by atoms with Gasteiger partial charge in [0, 0.05) is 23.6 Å². The number of benzene rings is 2. The second kappa shape index (κ2) is 6.95. The maximum absolute atomic E-state index is 9.74. The van der Waals surface area contributed by atoms with Gasteiger partial charge in [-0.2, -0.15) is 0 Å². The first-order chi connectivity index (χ1) is 13.1. The summed E-state index contributed by atoms with van der Waals surface area (Å²) < 4.78 is 7.17. The summed E-state index contributed by atoms with van der Waals surface area (Å²) in [5.41, 5.74) is 11.6. The number of hydrogen-bond donors (Lipinski definition) is 2. The summed E-state index contributed by atoms with van der Waals surface area (Å²) in [7, 11) is 1.55. The first-order valence-electron chi connectivity index (χ1n) is 8.41. The number of pyridine rings is 1. The van der Waals surface area contributed by atoms with Crippen LogP contribution in [-0.2, 0) is 6.61 Å². The molecule has 136 valence electrons. The lowest BCUT2D eigenvalue weighted by atomic mass is 10.1. The van der Waals surface area contributed by atoms with Gasteiger partial charge in [-0.3, -0.25) is 0 Å². The summed E-state index contributed by atoms with van der Waals surface area (Å²) in [5, 5.41) is 10.2. The number of fused-ring (bicyclic) bond motifs is 1. The van der Waals surface area contributed by atoms with E-state index < -0.39 is 0 Å². The van der Waals surface area contributed by atoms with Crippen molar-refractivity contribution >= 4 is 22.9 Å². The van der Waals surface area contributed by atoms with Gasteiger partial charge in [-0.25, -0.2) is 4.98 Å². The Morgan fingerprint density at radius 3 is 2.59 bits per heavy atom. The summed E-state index contributed by atoms with van der Waals surface area (Å²) in [5.74, 6) is 0.527. The Bertz CT molecular complexity index is 1120. The number of aromatic nitrogens is 2. The maximum atomic E-state index is 9.74.